The standard InChI is InChI=1S/C18H14N4O3S2/c1-11-4-6-12(7-5-11)13-9-26-17(19-13)20-15(23)10-27-18-22-21-16(25-18)14-3-2-8-24-14/h2-9H,10H2,1H3,(H,19,20,23). The predicted molar refractivity (Wildman–Crippen MR) is 104 cm³/mol. The number of hydrogen-bond donors (Lipinski definition) is 1. The van der Waals surface area contributed by atoms with Gasteiger partial charge in [-0.2, -0.15) is 0 Å². The second-order valence-electron chi connectivity index (χ2n) is 5.59. The molecule has 3 aromatic heterocycles. The number of rotatable bonds is 6. The van der Waals surface area contributed by atoms with Crippen LogP contribution in [0.15, 0.2) is 62.1 Å². The largest absolute Gasteiger partial charge is 0.459 e. The molecule has 3 heterocycles. The second kappa shape index (κ2) is 7.77. The van der Waals surface area contributed by atoms with E-state index in [1.54, 1.807) is 12.1 Å². The number of amides is 1. The van der Waals surface area contributed by atoms with Crippen molar-refractivity contribution in [3.8, 4) is 22.9 Å². The van der Waals surface area contributed by atoms with E-state index in [0.29, 0.717) is 16.1 Å². The van der Waals surface area contributed by atoms with Gasteiger partial charge in [-0.3, -0.25) is 4.79 Å². The lowest BCUT2D eigenvalue weighted by Crippen LogP contribution is -2.13. The number of nitrogens with one attached hydrogen (secondary N) is 1. The molecule has 0 aliphatic heterocycles. The highest BCUT2D eigenvalue weighted by molar-refractivity contribution is 7.99. The van der Waals surface area contributed by atoms with Gasteiger partial charge in [0.25, 0.3) is 11.1 Å². The Morgan fingerprint density at radius 2 is 2.07 bits per heavy atom. The number of anilines is 1. The summed E-state index contributed by atoms with van der Waals surface area (Å²) < 4.78 is 10.6. The first-order valence-corrected chi connectivity index (χ1v) is 9.86. The van der Waals surface area contributed by atoms with E-state index in [2.05, 4.69) is 20.5 Å². The smallest absolute Gasteiger partial charge is 0.284 e. The number of thioether (sulfide) groups is 1. The Labute approximate surface area is 162 Å². The van der Waals surface area contributed by atoms with Gasteiger partial charge in [0.1, 0.15) is 0 Å². The lowest BCUT2D eigenvalue weighted by atomic mass is 10.1. The third kappa shape index (κ3) is 4.26. The van der Waals surface area contributed by atoms with E-state index in [0.717, 1.165) is 23.0 Å². The van der Waals surface area contributed by atoms with Crippen LogP contribution < -0.4 is 5.32 Å². The summed E-state index contributed by atoms with van der Waals surface area (Å²) in [6, 6.07) is 11.5. The first-order chi connectivity index (χ1) is 13.2. The molecular weight excluding hydrogens is 384 g/mol. The molecule has 0 saturated carbocycles. The summed E-state index contributed by atoms with van der Waals surface area (Å²) in [7, 11) is 0. The van der Waals surface area contributed by atoms with Crippen LogP contribution in [0.3, 0.4) is 0 Å². The summed E-state index contributed by atoms with van der Waals surface area (Å²) >= 11 is 2.54. The molecule has 7 nitrogen and oxygen atoms in total. The van der Waals surface area contributed by atoms with Crippen LogP contribution in [-0.2, 0) is 4.79 Å². The molecule has 0 spiro atoms. The molecule has 0 radical (unpaired) electrons. The lowest BCUT2D eigenvalue weighted by Gasteiger charge is -2.00. The molecule has 9 heteroatoms. The number of aryl methyl sites for hydroxylation is 1. The van der Waals surface area contributed by atoms with Crippen molar-refractivity contribution >= 4 is 34.1 Å². The highest BCUT2D eigenvalue weighted by Crippen LogP contribution is 2.26. The Kier molecular flexibility index (Phi) is 5.03. The fourth-order valence-corrected chi connectivity index (χ4v) is 3.54. The predicted octanol–water partition coefficient (Wildman–Crippen LogP) is 4.49. The van der Waals surface area contributed by atoms with Crippen LogP contribution in [0.2, 0.25) is 0 Å². The molecule has 0 bridgehead atoms. The Morgan fingerprint density at radius 1 is 1.22 bits per heavy atom. The van der Waals surface area contributed by atoms with Crippen LogP contribution >= 0.6 is 23.1 Å². The van der Waals surface area contributed by atoms with E-state index < -0.39 is 0 Å². The number of nitrogens with zero attached hydrogens (tertiary/aromatic N) is 3. The number of hydrogen-bond acceptors (Lipinski definition) is 8. The van der Waals surface area contributed by atoms with E-state index in [1.165, 1.54) is 23.2 Å². The van der Waals surface area contributed by atoms with Crippen LogP contribution in [0.5, 0.6) is 0 Å². The topological polar surface area (TPSA) is 94.1 Å². The minimum Gasteiger partial charge on any atom is -0.459 e. The van der Waals surface area contributed by atoms with Gasteiger partial charge in [0.15, 0.2) is 10.9 Å². The third-order valence-electron chi connectivity index (χ3n) is 3.56. The molecule has 0 aliphatic carbocycles. The molecule has 0 fully saturated rings. The third-order valence-corrected chi connectivity index (χ3v) is 5.14. The summed E-state index contributed by atoms with van der Waals surface area (Å²) in [6.07, 6.45) is 1.53. The molecular formula is C18H14N4O3S2. The second-order valence-corrected chi connectivity index (χ2v) is 7.38. The molecule has 1 N–H and O–H groups in total. The molecule has 27 heavy (non-hydrogen) atoms. The monoisotopic (exact) mass is 398 g/mol. The van der Waals surface area contributed by atoms with Crippen molar-refractivity contribution in [2.45, 2.75) is 12.1 Å². The Hall–Kier alpha value is -2.91. The fraction of sp³-hybridized carbons (Fsp3) is 0.111. The number of aromatic nitrogens is 3. The maximum absolute atomic E-state index is 12.1. The SMILES string of the molecule is Cc1ccc(-c2csc(NC(=O)CSc3nnc(-c4ccco4)o3)n2)cc1. The van der Waals surface area contributed by atoms with Gasteiger partial charge < -0.3 is 14.2 Å². The van der Waals surface area contributed by atoms with Crippen molar-refractivity contribution in [3.63, 3.8) is 0 Å². The van der Waals surface area contributed by atoms with Crippen LogP contribution in [0.25, 0.3) is 22.9 Å². The molecule has 0 saturated heterocycles. The molecule has 4 aromatic rings. The number of carbonyl (C=O) groups is 1. The van der Waals surface area contributed by atoms with E-state index >= 15 is 0 Å². The highest BCUT2D eigenvalue weighted by atomic mass is 32.2. The molecule has 4 rings (SSSR count). The molecule has 1 amide bonds. The van der Waals surface area contributed by atoms with Gasteiger partial charge in [-0.25, -0.2) is 4.98 Å². The van der Waals surface area contributed by atoms with E-state index in [4.69, 9.17) is 8.83 Å². The first kappa shape index (κ1) is 17.5. The molecule has 136 valence electrons. The number of furan rings is 1. The zero-order chi connectivity index (χ0) is 18.6. The van der Waals surface area contributed by atoms with Gasteiger partial charge in [0, 0.05) is 10.9 Å². The van der Waals surface area contributed by atoms with Gasteiger partial charge >= 0.3 is 0 Å². The van der Waals surface area contributed by atoms with Crippen LogP contribution in [-0.4, -0.2) is 26.8 Å². The normalized spacial score (nSPS) is 10.9. The number of thiazole rings is 1. The molecule has 0 unspecified atom stereocenters. The van der Waals surface area contributed by atoms with E-state index in [-0.39, 0.29) is 17.6 Å². The van der Waals surface area contributed by atoms with Gasteiger partial charge in [-0.15, -0.1) is 21.5 Å². The Balaban J connectivity index is 1.33. The summed E-state index contributed by atoms with van der Waals surface area (Å²) in [5.74, 6) is 0.720. The average molecular weight is 398 g/mol. The van der Waals surface area contributed by atoms with Gasteiger partial charge in [0.05, 0.1) is 17.7 Å². The summed E-state index contributed by atoms with van der Waals surface area (Å²) in [5, 5.41) is 13.3. The van der Waals surface area contributed by atoms with Crippen molar-refractivity contribution < 1.29 is 13.6 Å². The van der Waals surface area contributed by atoms with Crippen LogP contribution in [0, 0.1) is 6.92 Å². The van der Waals surface area contributed by atoms with E-state index in [1.807, 2.05) is 36.6 Å². The van der Waals surface area contributed by atoms with Gasteiger partial charge in [0.2, 0.25) is 5.91 Å². The Morgan fingerprint density at radius 3 is 2.85 bits per heavy atom. The minimum atomic E-state index is -0.192. The fourth-order valence-electron chi connectivity index (χ4n) is 2.24. The lowest BCUT2D eigenvalue weighted by molar-refractivity contribution is -0.113. The molecule has 1 aromatic carbocycles. The summed E-state index contributed by atoms with van der Waals surface area (Å²) in [5.41, 5.74) is 3.04. The zero-order valence-corrected chi connectivity index (χ0v) is 15.8. The summed E-state index contributed by atoms with van der Waals surface area (Å²) in [6.45, 7) is 2.04. The van der Waals surface area contributed by atoms with Gasteiger partial charge in [-0.05, 0) is 19.1 Å². The molecule has 0 atom stereocenters. The zero-order valence-electron chi connectivity index (χ0n) is 14.2. The maximum Gasteiger partial charge on any atom is 0.284 e. The van der Waals surface area contributed by atoms with Crippen molar-refractivity contribution in [3.05, 3.63) is 53.6 Å². The minimum absolute atomic E-state index is 0.138. The summed E-state index contributed by atoms with van der Waals surface area (Å²) in [4.78, 5) is 16.6. The highest BCUT2D eigenvalue weighted by Gasteiger charge is 2.14. The average Bonchev–Trinajstić information content (AvgIpc) is 3.42. The number of benzene rings is 1. The van der Waals surface area contributed by atoms with Crippen molar-refractivity contribution in [1.82, 2.24) is 15.2 Å². The first-order valence-electron chi connectivity index (χ1n) is 8.00. The maximum atomic E-state index is 12.1. The van der Waals surface area contributed by atoms with Crippen molar-refractivity contribution in [2.75, 3.05) is 11.1 Å². The van der Waals surface area contributed by atoms with Crippen LogP contribution in [0.4, 0.5) is 5.13 Å². The van der Waals surface area contributed by atoms with Crippen LogP contribution in [0.1, 0.15) is 5.56 Å². The molecule has 0 aliphatic rings. The number of carbonyl (C=O) groups excluding carboxylic acids is 1. The Bertz CT molecular complexity index is 1040. The van der Waals surface area contributed by atoms with Crippen molar-refractivity contribution in [1.29, 1.82) is 0 Å². The van der Waals surface area contributed by atoms with Crippen molar-refractivity contribution in [2.24, 2.45) is 0 Å². The van der Waals surface area contributed by atoms with E-state index in [9.17, 15) is 4.79 Å². The van der Waals surface area contributed by atoms with Gasteiger partial charge in [-0.1, -0.05) is 41.6 Å². The quantitative estimate of drug-likeness (QED) is 0.478.